The molecular formula is C19H41NO. The first-order valence-electron chi connectivity index (χ1n) is 9.61. The Hall–Kier alpha value is -0.0800. The molecule has 21 heavy (non-hydrogen) atoms. The first-order chi connectivity index (χ1) is 10.4. The molecule has 0 aromatic carbocycles. The average molecular weight is 300 g/mol. The Morgan fingerprint density at radius 1 is 0.571 bits per heavy atom. The van der Waals surface area contributed by atoms with Crippen LogP contribution in [-0.4, -0.2) is 26.8 Å². The SMILES string of the molecule is CCCCCCCCNCCCCCCCCCCOC. The molecule has 0 bridgehead atoms. The molecule has 0 aromatic rings. The van der Waals surface area contributed by atoms with E-state index in [-0.39, 0.29) is 0 Å². The Kier molecular flexibility index (Phi) is 19.8. The van der Waals surface area contributed by atoms with E-state index in [1.165, 1.54) is 103 Å². The molecule has 0 heterocycles. The van der Waals surface area contributed by atoms with E-state index in [1.54, 1.807) is 7.11 Å². The monoisotopic (exact) mass is 299 g/mol. The summed E-state index contributed by atoms with van der Waals surface area (Å²) in [5.74, 6) is 0. The molecule has 0 aliphatic carbocycles. The fourth-order valence-electron chi connectivity index (χ4n) is 2.71. The highest BCUT2D eigenvalue weighted by atomic mass is 16.5. The van der Waals surface area contributed by atoms with Gasteiger partial charge in [0.25, 0.3) is 0 Å². The molecule has 0 atom stereocenters. The number of nitrogens with one attached hydrogen (secondary N) is 1. The predicted octanol–water partition coefficient (Wildman–Crippen LogP) is 5.70. The van der Waals surface area contributed by atoms with E-state index >= 15 is 0 Å². The van der Waals surface area contributed by atoms with Gasteiger partial charge >= 0.3 is 0 Å². The molecule has 2 nitrogen and oxygen atoms in total. The first kappa shape index (κ1) is 20.9. The highest BCUT2D eigenvalue weighted by molar-refractivity contribution is 4.52. The van der Waals surface area contributed by atoms with Crippen molar-refractivity contribution in [2.24, 2.45) is 0 Å². The molecule has 0 aliphatic heterocycles. The van der Waals surface area contributed by atoms with Crippen molar-refractivity contribution < 1.29 is 4.74 Å². The zero-order valence-electron chi connectivity index (χ0n) is 14.9. The smallest absolute Gasteiger partial charge is 0.0462 e. The maximum atomic E-state index is 5.06. The first-order valence-corrected chi connectivity index (χ1v) is 9.61. The lowest BCUT2D eigenvalue weighted by Crippen LogP contribution is -2.16. The molecular weight excluding hydrogens is 258 g/mol. The van der Waals surface area contributed by atoms with E-state index in [1.807, 2.05) is 0 Å². The van der Waals surface area contributed by atoms with Gasteiger partial charge in [-0.05, 0) is 32.4 Å². The van der Waals surface area contributed by atoms with Crippen molar-refractivity contribution in [3.8, 4) is 0 Å². The lowest BCUT2D eigenvalue weighted by molar-refractivity contribution is 0.192. The lowest BCUT2D eigenvalue weighted by atomic mass is 10.1. The van der Waals surface area contributed by atoms with Gasteiger partial charge in [0.1, 0.15) is 0 Å². The van der Waals surface area contributed by atoms with Gasteiger partial charge in [-0.25, -0.2) is 0 Å². The number of rotatable bonds is 18. The quantitative estimate of drug-likeness (QED) is 0.328. The van der Waals surface area contributed by atoms with Gasteiger partial charge in [-0.2, -0.15) is 0 Å². The largest absolute Gasteiger partial charge is 0.385 e. The van der Waals surface area contributed by atoms with E-state index < -0.39 is 0 Å². The van der Waals surface area contributed by atoms with E-state index in [4.69, 9.17) is 4.74 Å². The summed E-state index contributed by atoms with van der Waals surface area (Å²) in [4.78, 5) is 0. The van der Waals surface area contributed by atoms with Crippen LogP contribution in [0.1, 0.15) is 96.8 Å². The molecule has 0 saturated heterocycles. The number of methoxy groups -OCH3 is 1. The third-order valence-corrected chi connectivity index (χ3v) is 4.16. The van der Waals surface area contributed by atoms with Gasteiger partial charge < -0.3 is 10.1 Å². The highest BCUT2D eigenvalue weighted by Crippen LogP contribution is 2.08. The van der Waals surface area contributed by atoms with Crippen LogP contribution in [0.4, 0.5) is 0 Å². The third-order valence-electron chi connectivity index (χ3n) is 4.16. The summed E-state index contributed by atoms with van der Waals surface area (Å²) >= 11 is 0. The van der Waals surface area contributed by atoms with Crippen LogP contribution in [0.3, 0.4) is 0 Å². The number of hydrogen-bond donors (Lipinski definition) is 1. The normalized spacial score (nSPS) is 11.1. The number of hydrogen-bond acceptors (Lipinski definition) is 2. The highest BCUT2D eigenvalue weighted by Gasteiger charge is 1.93. The van der Waals surface area contributed by atoms with E-state index in [0.717, 1.165) is 6.61 Å². The number of unbranched alkanes of at least 4 members (excludes halogenated alkanes) is 12. The summed E-state index contributed by atoms with van der Waals surface area (Å²) in [5.41, 5.74) is 0. The second kappa shape index (κ2) is 19.9. The second-order valence-corrected chi connectivity index (χ2v) is 6.34. The van der Waals surface area contributed by atoms with Crippen LogP contribution < -0.4 is 5.32 Å². The second-order valence-electron chi connectivity index (χ2n) is 6.34. The van der Waals surface area contributed by atoms with Crippen LogP contribution in [0.25, 0.3) is 0 Å². The van der Waals surface area contributed by atoms with Crippen LogP contribution in [-0.2, 0) is 4.74 Å². The molecule has 2 heteroatoms. The summed E-state index contributed by atoms with van der Waals surface area (Å²) in [6.07, 6.45) is 19.4. The van der Waals surface area contributed by atoms with Crippen molar-refractivity contribution in [1.29, 1.82) is 0 Å². The van der Waals surface area contributed by atoms with Crippen molar-refractivity contribution in [3.63, 3.8) is 0 Å². The molecule has 0 spiro atoms. The molecule has 0 saturated carbocycles. The topological polar surface area (TPSA) is 21.3 Å². The Labute approximate surface area is 134 Å². The zero-order valence-corrected chi connectivity index (χ0v) is 14.9. The van der Waals surface area contributed by atoms with Crippen molar-refractivity contribution in [2.45, 2.75) is 96.8 Å². The van der Waals surface area contributed by atoms with E-state index in [2.05, 4.69) is 12.2 Å². The third kappa shape index (κ3) is 19.9. The molecule has 0 aromatic heterocycles. The standard InChI is InChI=1S/C19H41NO/c1-3-4-5-6-11-14-17-20-18-15-12-9-7-8-10-13-16-19-21-2/h20H,3-19H2,1-2H3. The summed E-state index contributed by atoms with van der Waals surface area (Å²) in [5, 5.41) is 3.59. The van der Waals surface area contributed by atoms with Gasteiger partial charge in [-0.15, -0.1) is 0 Å². The Morgan fingerprint density at radius 2 is 1.00 bits per heavy atom. The van der Waals surface area contributed by atoms with Gasteiger partial charge in [0, 0.05) is 13.7 Å². The van der Waals surface area contributed by atoms with Crippen LogP contribution >= 0.6 is 0 Å². The maximum absolute atomic E-state index is 5.06. The van der Waals surface area contributed by atoms with Gasteiger partial charge in [-0.1, -0.05) is 77.6 Å². The molecule has 0 radical (unpaired) electrons. The Balaban J connectivity index is 2.90. The zero-order chi connectivity index (χ0) is 15.4. The fraction of sp³-hybridized carbons (Fsp3) is 1.00. The van der Waals surface area contributed by atoms with Crippen LogP contribution in [0.15, 0.2) is 0 Å². The van der Waals surface area contributed by atoms with Gasteiger partial charge in [-0.3, -0.25) is 0 Å². The van der Waals surface area contributed by atoms with Gasteiger partial charge in [0.15, 0.2) is 0 Å². The van der Waals surface area contributed by atoms with Crippen LogP contribution in [0.5, 0.6) is 0 Å². The molecule has 0 rings (SSSR count). The molecule has 0 fully saturated rings. The average Bonchev–Trinajstić information content (AvgIpc) is 2.50. The molecule has 0 unspecified atom stereocenters. The summed E-state index contributed by atoms with van der Waals surface area (Å²) in [6, 6.07) is 0. The minimum absolute atomic E-state index is 0.935. The molecule has 0 amide bonds. The molecule has 0 aliphatic rings. The van der Waals surface area contributed by atoms with Crippen molar-refractivity contribution in [2.75, 3.05) is 26.8 Å². The Bertz CT molecular complexity index is 155. The van der Waals surface area contributed by atoms with Crippen LogP contribution in [0.2, 0.25) is 0 Å². The van der Waals surface area contributed by atoms with E-state index in [0.29, 0.717) is 0 Å². The van der Waals surface area contributed by atoms with Crippen molar-refractivity contribution in [3.05, 3.63) is 0 Å². The Morgan fingerprint density at radius 3 is 1.48 bits per heavy atom. The summed E-state index contributed by atoms with van der Waals surface area (Å²) in [6.45, 7) is 5.67. The van der Waals surface area contributed by atoms with E-state index in [9.17, 15) is 0 Å². The van der Waals surface area contributed by atoms with Crippen LogP contribution in [0, 0.1) is 0 Å². The fourth-order valence-corrected chi connectivity index (χ4v) is 2.71. The summed E-state index contributed by atoms with van der Waals surface area (Å²) < 4.78 is 5.06. The van der Waals surface area contributed by atoms with Crippen molar-refractivity contribution in [1.82, 2.24) is 5.32 Å². The minimum Gasteiger partial charge on any atom is -0.385 e. The van der Waals surface area contributed by atoms with Gasteiger partial charge in [0.05, 0.1) is 0 Å². The summed E-state index contributed by atoms with van der Waals surface area (Å²) in [7, 11) is 1.79. The molecule has 1 N–H and O–H groups in total. The maximum Gasteiger partial charge on any atom is 0.0462 e. The molecule has 128 valence electrons. The lowest BCUT2D eigenvalue weighted by Gasteiger charge is -2.05. The number of ether oxygens (including phenoxy) is 1. The minimum atomic E-state index is 0.935. The van der Waals surface area contributed by atoms with Crippen molar-refractivity contribution >= 4 is 0 Å². The van der Waals surface area contributed by atoms with Gasteiger partial charge in [0.2, 0.25) is 0 Å². The predicted molar refractivity (Wildman–Crippen MR) is 95.1 cm³/mol.